The molecule has 25 heteroatoms. The Morgan fingerprint density at radius 1 is 0.943 bits per heavy atom. The molecule has 2 unspecified atom stereocenters. The summed E-state index contributed by atoms with van der Waals surface area (Å²) in [5.41, 5.74) is 13.1. The fourth-order valence-corrected chi connectivity index (χ4v) is 8.21. The normalized spacial score (nSPS) is 31.8. The van der Waals surface area contributed by atoms with Crippen molar-refractivity contribution in [3.05, 3.63) is 55.1 Å². The van der Waals surface area contributed by atoms with Crippen LogP contribution >= 0.6 is 7.82 Å². The van der Waals surface area contributed by atoms with Gasteiger partial charge in [0, 0.05) is 6.54 Å². The van der Waals surface area contributed by atoms with Crippen molar-refractivity contribution in [2.75, 3.05) is 31.7 Å². The van der Waals surface area contributed by atoms with Crippen LogP contribution in [-0.2, 0) is 48.9 Å². The largest absolute Gasteiger partial charge is 0.497 e. The van der Waals surface area contributed by atoms with Crippen LogP contribution in [0.15, 0.2) is 49.6 Å². The number of aromatic nitrogens is 8. The van der Waals surface area contributed by atoms with E-state index in [1.807, 2.05) is 0 Å². The number of halogens is 1. The number of nitrogen functional groups attached to an aromatic ring is 2. The van der Waals surface area contributed by atoms with Crippen molar-refractivity contribution < 1.29 is 54.4 Å². The minimum Gasteiger partial charge on any atom is -0.497 e. The van der Waals surface area contributed by atoms with Crippen LogP contribution in [0.1, 0.15) is 18.0 Å². The molecule has 0 aliphatic carbocycles. The number of methoxy groups -OCH3 is 1. The number of fused-ring (bicyclic) bond motifs is 5. The van der Waals surface area contributed by atoms with Gasteiger partial charge in [-0.05, 0) is 17.7 Å². The van der Waals surface area contributed by atoms with Gasteiger partial charge in [-0.15, -0.1) is 0 Å². The highest BCUT2D eigenvalue weighted by Crippen LogP contribution is 2.50. The van der Waals surface area contributed by atoms with Crippen molar-refractivity contribution in [1.82, 2.24) is 43.8 Å². The van der Waals surface area contributed by atoms with Crippen LogP contribution in [0.25, 0.3) is 22.3 Å². The molecular formula is C28H31FN11O11PS. The molecule has 5 aromatic rings. The lowest BCUT2D eigenvalue weighted by atomic mass is 10.1. The van der Waals surface area contributed by atoms with Crippen LogP contribution in [0.3, 0.4) is 0 Å². The van der Waals surface area contributed by atoms with Gasteiger partial charge in [-0.25, -0.2) is 43.0 Å². The highest BCUT2D eigenvalue weighted by atomic mass is 32.2. The number of benzene rings is 1. The van der Waals surface area contributed by atoms with E-state index in [2.05, 4.69) is 34.6 Å². The van der Waals surface area contributed by atoms with E-state index in [-0.39, 0.29) is 40.6 Å². The number of nitrogens with two attached hydrogens (primary N) is 2. The van der Waals surface area contributed by atoms with Crippen molar-refractivity contribution in [3.8, 4) is 5.75 Å². The van der Waals surface area contributed by atoms with Crippen LogP contribution in [0, 0.1) is 0 Å². The van der Waals surface area contributed by atoms with E-state index in [0.717, 1.165) is 6.33 Å². The predicted molar refractivity (Wildman–Crippen MR) is 176 cm³/mol. The van der Waals surface area contributed by atoms with Crippen LogP contribution in [0.2, 0.25) is 0 Å². The van der Waals surface area contributed by atoms with Gasteiger partial charge in [-0.2, -0.15) is 13.1 Å². The summed E-state index contributed by atoms with van der Waals surface area (Å²) in [7, 11) is -8.39. The first kappa shape index (κ1) is 35.5. The SMILES string of the molecule is COc1ccc(COC2[C@H]3OS(=O)(=O)NC[C@H]4O[C@@H](n5cnc6c(N)ncnc65)[C@H](F)[C@@H]4OP(=O)(O)OC[C@H]2O[C@H]3n2cnc3c(N)ncnc32)cc1. The van der Waals surface area contributed by atoms with Crippen LogP contribution in [0.5, 0.6) is 5.75 Å². The quantitative estimate of drug-likeness (QED) is 0.168. The summed E-state index contributed by atoms with van der Waals surface area (Å²) < 4.78 is 102. The maximum atomic E-state index is 16.2. The Hall–Kier alpha value is -4.49. The first-order valence-corrected chi connectivity index (χ1v) is 18.7. The summed E-state index contributed by atoms with van der Waals surface area (Å²) in [6.45, 7) is -1.50. The average molecular weight is 780 g/mol. The van der Waals surface area contributed by atoms with Crippen molar-refractivity contribution in [1.29, 1.82) is 0 Å². The highest BCUT2D eigenvalue weighted by Gasteiger charge is 2.54. The van der Waals surface area contributed by atoms with E-state index in [0.29, 0.717) is 11.3 Å². The summed E-state index contributed by atoms with van der Waals surface area (Å²) in [4.78, 5) is 35.4. The number of phosphoric ester groups is 1. The van der Waals surface area contributed by atoms with Crippen LogP contribution in [0.4, 0.5) is 16.0 Å². The number of hydrogen-bond donors (Lipinski definition) is 4. The van der Waals surface area contributed by atoms with Gasteiger partial charge in [0.1, 0.15) is 53.9 Å². The number of rotatable bonds is 6. The predicted octanol–water partition coefficient (Wildman–Crippen LogP) is 0.293. The molecule has 0 radical (unpaired) electrons. The molecule has 22 nitrogen and oxygen atoms in total. The molecule has 0 amide bonds. The van der Waals surface area contributed by atoms with Gasteiger partial charge in [0.25, 0.3) is 0 Å². The minimum atomic E-state index is -5.14. The van der Waals surface area contributed by atoms with Crippen molar-refractivity contribution >= 4 is 52.1 Å². The average Bonchev–Trinajstić information content (AvgIpc) is 3.90. The third kappa shape index (κ3) is 6.78. The topological polar surface area (TPSA) is 287 Å². The monoisotopic (exact) mass is 779 g/mol. The first-order chi connectivity index (χ1) is 25.4. The second-order valence-electron chi connectivity index (χ2n) is 12.1. The molecule has 4 aromatic heterocycles. The molecule has 0 spiro atoms. The lowest BCUT2D eigenvalue weighted by Gasteiger charge is -2.25. The number of hydrogen-bond acceptors (Lipinski definition) is 18. The van der Waals surface area contributed by atoms with E-state index < -0.39 is 80.4 Å². The highest BCUT2D eigenvalue weighted by molar-refractivity contribution is 7.84. The standard InChI is InChI=1S/C28H31FN11O11PS/c1-45-14-4-2-13(3-5-14)7-46-21-16-8-47-52(41,42)50-20-15(48-27(17(20)29)39-11-36-18-23(30)32-9-34-25(18)39)6-38-53(43,44)51-22(21)28(49-16)40-12-37-19-24(31)33-10-35-26(19)40/h2-5,9-12,15-17,20-22,27-28,38H,6-8H2,1H3,(H,41,42)(H2,30,32,34)(H2,31,33,35)/t15-,16-,17-,20-,21?,22-,27-,28-/m1/s1. The fourth-order valence-electron chi connectivity index (χ4n) is 6.32. The third-order valence-corrected chi connectivity index (χ3v) is 10.8. The number of anilines is 2. The molecule has 3 fully saturated rings. The number of ether oxygens (including phenoxy) is 4. The van der Waals surface area contributed by atoms with Crippen molar-refractivity contribution in [2.45, 2.75) is 55.8 Å². The molecule has 8 rings (SSSR count). The first-order valence-electron chi connectivity index (χ1n) is 15.8. The Balaban J connectivity index is 1.13. The number of imidazole rings is 2. The molecular weight excluding hydrogens is 748 g/mol. The number of nitrogens with zero attached hydrogens (tertiary/aromatic N) is 8. The molecule has 53 heavy (non-hydrogen) atoms. The lowest BCUT2D eigenvalue weighted by molar-refractivity contribution is -0.0672. The van der Waals surface area contributed by atoms with E-state index in [1.165, 1.54) is 35.2 Å². The molecule has 3 aliphatic heterocycles. The Kier molecular flexibility index (Phi) is 9.21. The zero-order valence-electron chi connectivity index (χ0n) is 27.4. The molecule has 3 saturated heterocycles. The second-order valence-corrected chi connectivity index (χ2v) is 14.9. The van der Waals surface area contributed by atoms with Crippen molar-refractivity contribution in [3.63, 3.8) is 0 Å². The van der Waals surface area contributed by atoms with Gasteiger partial charge in [0.2, 0.25) is 0 Å². The second kappa shape index (κ2) is 13.7. The van der Waals surface area contributed by atoms with E-state index in [9.17, 15) is 17.9 Å². The fraction of sp³-hybridized carbons (Fsp3) is 0.429. The third-order valence-electron chi connectivity index (χ3n) is 8.83. The van der Waals surface area contributed by atoms with Gasteiger partial charge < -0.3 is 35.3 Å². The maximum absolute atomic E-state index is 16.2. The molecule has 6 N–H and O–H groups in total. The Labute approximate surface area is 298 Å². The smallest absolute Gasteiger partial charge is 0.472 e. The van der Waals surface area contributed by atoms with E-state index in [4.69, 9.17) is 43.6 Å². The summed E-state index contributed by atoms with van der Waals surface area (Å²) in [6, 6.07) is 6.85. The summed E-state index contributed by atoms with van der Waals surface area (Å²) in [5, 5.41) is 0. The molecule has 7 heterocycles. The van der Waals surface area contributed by atoms with Gasteiger partial charge in [-0.1, -0.05) is 12.1 Å². The van der Waals surface area contributed by atoms with Gasteiger partial charge >= 0.3 is 18.1 Å². The Bertz CT molecular complexity index is 2300. The number of phosphoric acid groups is 1. The molecule has 282 valence electrons. The minimum absolute atomic E-state index is 0.0140. The molecule has 0 saturated carbocycles. The molecule has 3 aliphatic rings. The van der Waals surface area contributed by atoms with Gasteiger partial charge in [0.15, 0.2) is 47.7 Å². The molecule has 1 aromatic carbocycles. The zero-order chi connectivity index (χ0) is 37.1. The summed E-state index contributed by atoms with van der Waals surface area (Å²) >= 11 is 0. The lowest BCUT2D eigenvalue weighted by Crippen LogP contribution is -2.44. The Morgan fingerprint density at radius 2 is 1.57 bits per heavy atom. The van der Waals surface area contributed by atoms with Crippen LogP contribution < -0.4 is 20.9 Å². The Morgan fingerprint density at radius 3 is 2.21 bits per heavy atom. The number of alkyl halides is 1. The van der Waals surface area contributed by atoms with Gasteiger partial charge in [-0.3, -0.25) is 18.2 Å². The van der Waals surface area contributed by atoms with Gasteiger partial charge in [0.05, 0.1) is 33.0 Å². The van der Waals surface area contributed by atoms with E-state index in [1.54, 1.807) is 24.3 Å². The van der Waals surface area contributed by atoms with E-state index >= 15 is 4.39 Å². The molecule has 9 atom stereocenters. The number of nitrogens with one attached hydrogen (secondary N) is 1. The molecule has 2 bridgehead atoms. The van der Waals surface area contributed by atoms with Crippen molar-refractivity contribution in [2.24, 2.45) is 0 Å². The summed E-state index contributed by atoms with van der Waals surface area (Å²) in [5.74, 6) is 0.648. The summed E-state index contributed by atoms with van der Waals surface area (Å²) in [6.07, 6.45) is -7.67. The zero-order valence-corrected chi connectivity index (χ0v) is 29.1. The van der Waals surface area contributed by atoms with Crippen LogP contribution in [-0.4, -0.2) is 109 Å². The maximum Gasteiger partial charge on any atom is 0.472 e.